The summed E-state index contributed by atoms with van der Waals surface area (Å²) in [5.41, 5.74) is 2.66. The van der Waals surface area contributed by atoms with Gasteiger partial charge in [0.15, 0.2) is 5.76 Å². The van der Waals surface area contributed by atoms with E-state index in [4.69, 9.17) is 4.42 Å². The molecule has 0 saturated carbocycles. The maximum Gasteiger partial charge on any atom is 0.291 e. The van der Waals surface area contributed by atoms with Crippen LogP contribution >= 0.6 is 0 Å². The Hall–Kier alpha value is -3.34. The van der Waals surface area contributed by atoms with Crippen LogP contribution in [0.4, 0.5) is 11.4 Å². The van der Waals surface area contributed by atoms with Gasteiger partial charge >= 0.3 is 0 Å². The number of furan rings is 1. The van der Waals surface area contributed by atoms with Gasteiger partial charge in [0.25, 0.3) is 11.8 Å². The lowest BCUT2D eigenvalue weighted by Crippen LogP contribution is -2.18. The Morgan fingerprint density at radius 2 is 1.76 bits per heavy atom. The van der Waals surface area contributed by atoms with E-state index < -0.39 is 5.91 Å². The lowest BCUT2D eigenvalue weighted by atomic mass is 10.1. The predicted octanol–water partition coefficient (Wildman–Crippen LogP) is 4.35. The number of carbonyl (C=O) groups is 2. The van der Waals surface area contributed by atoms with E-state index in [1.807, 2.05) is 24.3 Å². The number of carbonyl (C=O) groups excluding carboxylic acids is 2. The van der Waals surface area contributed by atoms with Crippen molar-refractivity contribution >= 4 is 23.2 Å². The van der Waals surface area contributed by atoms with Gasteiger partial charge in [-0.25, -0.2) is 0 Å². The molecule has 5 nitrogen and oxygen atoms in total. The standard InChI is InChI=1S/C20H18N2O3/c1-2-14-7-5-8-15(13-14)21-19(23)16-9-3-4-10-17(16)22-20(24)18-11-6-12-25-18/h3-13H,2H2,1H3,(H,21,23)(H,22,24). The largest absolute Gasteiger partial charge is 0.459 e. The van der Waals surface area contributed by atoms with E-state index in [1.54, 1.807) is 36.4 Å². The van der Waals surface area contributed by atoms with Crippen molar-refractivity contribution in [3.63, 3.8) is 0 Å². The number of benzene rings is 2. The van der Waals surface area contributed by atoms with Gasteiger partial charge in [0.05, 0.1) is 17.5 Å². The number of rotatable bonds is 5. The summed E-state index contributed by atoms with van der Waals surface area (Å²) in [5, 5.41) is 5.58. The first-order valence-corrected chi connectivity index (χ1v) is 8.01. The molecule has 3 aromatic rings. The molecule has 0 radical (unpaired) electrons. The smallest absolute Gasteiger partial charge is 0.291 e. The van der Waals surface area contributed by atoms with Gasteiger partial charge in [0.1, 0.15) is 0 Å². The number of para-hydroxylation sites is 1. The molecule has 2 N–H and O–H groups in total. The zero-order chi connectivity index (χ0) is 17.6. The molecule has 2 aromatic carbocycles. The molecule has 0 aliphatic rings. The minimum Gasteiger partial charge on any atom is -0.459 e. The normalized spacial score (nSPS) is 10.3. The summed E-state index contributed by atoms with van der Waals surface area (Å²) in [7, 11) is 0. The third kappa shape index (κ3) is 3.95. The summed E-state index contributed by atoms with van der Waals surface area (Å²) in [6.07, 6.45) is 2.31. The van der Waals surface area contributed by atoms with Gasteiger partial charge in [-0.1, -0.05) is 31.2 Å². The van der Waals surface area contributed by atoms with E-state index in [0.717, 1.165) is 17.7 Å². The highest BCUT2D eigenvalue weighted by atomic mass is 16.3. The first-order valence-electron chi connectivity index (χ1n) is 8.01. The van der Waals surface area contributed by atoms with Gasteiger partial charge in [0.2, 0.25) is 0 Å². The highest BCUT2D eigenvalue weighted by Gasteiger charge is 2.15. The molecule has 0 unspecified atom stereocenters. The summed E-state index contributed by atoms with van der Waals surface area (Å²) in [6.45, 7) is 2.06. The molecule has 0 fully saturated rings. The summed E-state index contributed by atoms with van der Waals surface area (Å²) < 4.78 is 5.08. The topological polar surface area (TPSA) is 71.3 Å². The van der Waals surface area contributed by atoms with Crippen molar-refractivity contribution in [2.45, 2.75) is 13.3 Å². The fourth-order valence-corrected chi connectivity index (χ4v) is 2.45. The van der Waals surface area contributed by atoms with E-state index in [2.05, 4.69) is 17.6 Å². The third-order valence-electron chi connectivity index (χ3n) is 3.76. The Morgan fingerprint density at radius 1 is 0.920 bits per heavy atom. The van der Waals surface area contributed by atoms with Crippen LogP contribution in [0.25, 0.3) is 0 Å². The summed E-state index contributed by atoms with van der Waals surface area (Å²) >= 11 is 0. The first kappa shape index (κ1) is 16.5. The molecular weight excluding hydrogens is 316 g/mol. The number of aryl methyl sites for hydroxylation is 1. The molecule has 0 bridgehead atoms. The number of anilines is 2. The van der Waals surface area contributed by atoms with Crippen LogP contribution in [0.1, 0.15) is 33.4 Å². The van der Waals surface area contributed by atoms with Crippen molar-refractivity contribution in [1.82, 2.24) is 0 Å². The van der Waals surface area contributed by atoms with Crippen molar-refractivity contribution in [2.75, 3.05) is 10.6 Å². The van der Waals surface area contributed by atoms with Crippen LogP contribution in [-0.4, -0.2) is 11.8 Å². The Bertz CT molecular complexity index is 885. The molecule has 5 heteroatoms. The molecule has 0 spiro atoms. The molecule has 0 aliphatic heterocycles. The molecule has 126 valence electrons. The van der Waals surface area contributed by atoms with Gasteiger partial charge in [-0.3, -0.25) is 9.59 Å². The zero-order valence-electron chi connectivity index (χ0n) is 13.8. The second-order valence-electron chi connectivity index (χ2n) is 5.49. The van der Waals surface area contributed by atoms with Gasteiger partial charge < -0.3 is 15.1 Å². The fourth-order valence-electron chi connectivity index (χ4n) is 2.45. The first-order chi connectivity index (χ1) is 12.2. The van der Waals surface area contributed by atoms with Crippen molar-refractivity contribution in [3.8, 4) is 0 Å². The van der Waals surface area contributed by atoms with Crippen LogP contribution in [0.5, 0.6) is 0 Å². The molecule has 1 heterocycles. The number of hydrogen-bond acceptors (Lipinski definition) is 3. The highest BCUT2D eigenvalue weighted by Crippen LogP contribution is 2.19. The Morgan fingerprint density at radius 3 is 2.52 bits per heavy atom. The van der Waals surface area contributed by atoms with Crippen molar-refractivity contribution < 1.29 is 14.0 Å². The second-order valence-corrected chi connectivity index (χ2v) is 5.49. The maximum atomic E-state index is 12.6. The molecule has 0 aliphatic carbocycles. The average molecular weight is 334 g/mol. The van der Waals surface area contributed by atoms with Crippen LogP contribution in [0.2, 0.25) is 0 Å². The van der Waals surface area contributed by atoms with E-state index in [-0.39, 0.29) is 11.7 Å². The third-order valence-corrected chi connectivity index (χ3v) is 3.76. The van der Waals surface area contributed by atoms with Crippen LogP contribution < -0.4 is 10.6 Å². The number of amides is 2. The van der Waals surface area contributed by atoms with Crippen LogP contribution in [0.3, 0.4) is 0 Å². The number of hydrogen-bond donors (Lipinski definition) is 2. The van der Waals surface area contributed by atoms with Crippen LogP contribution in [0.15, 0.2) is 71.3 Å². The van der Waals surface area contributed by atoms with Crippen LogP contribution in [-0.2, 0) is 6.42 Å². The predicted molar refractivity (Wildman–Crippen MR) is 96.9 cm³/mol. The van der Waals surface area contributed by atoms with Crippen molar-refractivity contribution in [2.24, 2.45) is 0 Å². The summed E-state index contributed by atoms with van der Waals surface area (Å²) in [6, 6.07) is 17.7. The SMILES string of the molecule is CCc1cccc(NC(=O)c2ccccc2NC(=O)c2ccco2)c1. The molecule has 0 atom stereocenters. The lowest BCUT2D eigenvalue weighted by molar-refractivity contribution is 0.0996. The minimum atomic E-state index is -0.404. The zero-order valence-corrected chi connectivity index (χ0v) is 13.8. The Balaban J connectivity index is 1.79. The summed E-state index contributed by atoms with van der Waals surface area (Å²) in [5.74, 6) is -0.507. The average Bonchev–Trinajstić information content (AvgIpc) is 3.17. The van der Waals surface area contributed by atoms with Crippen molar-refractivity contribution in [1.29, 1.82) is 0 Å². The van der Waals surface area contributed by atoms with Crippen molar-refractivity contribution in [3.05, 3.63) is 83.8 Å². The Labute approximate surface area is 145 Å². The van der Waals surface area contributed by atoms with E-state index in [0.29, 0.717) is 11.3 Å². The molecule has 3 rings (SSSR count). The quantitative estimate of drug-likeness (QED) is 0.729. The number of nitrogens with one attached hydrogen (secondary N) is 2. The molecule has 25 heavy (non-hydrogen) atoms. The monoisotopic (exact) mass is 334 g/mol. The lowest BCUT2D eigenvalue weighted by Gasteiger charge is -2.11. The Kier molecular flexibility index (Phi) is 4.95. The second kappa shape index (κ2) is 7.49. The molecular formula is C20H18N2O3. The minimum absolute atomic E-state index is 0.186. The van der Waals surface area contributed by atoms with Gasteiger partial charge in [-0.15, -0.1) is 0 Å². The highest BCUT2D eigenvalue weighted by molar-refractivity contribution is 6.11. The maximum absolute atomic E-state index is 12.6. The molecule has 1 aromatic heterocycles. The van der Waals surface area contributed by atoms with E-state index in [9.17, 15) is 9.59 Å². The van der Waals surface area contributed by atoms with Gasteiger partial charge in [-0.2, -0.15) is 0 Å². The molecule has 0 saturated heterocycles. The van der Waals surface area contributed by atoms with Gasteiger partial charge in [-0.05, 0) is 48.4 Å². The molecule has 2 amide bonds. The van der Waals surface area contributed by atoms with E-state index >= 15 is 0 Å². The van der Waals surface area contributed by atoms with Crippen LogP contribution in [0, 0.1) is 0 Å². The fraction of sp³-hybridized carbons (Fsp3) is 0.100. The van der Waals surface area contributed by atoms with E-state index in [1.165, 1.54) is 6.26 Å². The summed E-state index contributed by atoms with van der Waals surface area (Å²) in [4.78, 5) is 24.8. The van der Waals surface area contributed by atoms with Gasteiger partial charge in [0, 0.05) is 5.69 Å².